The van der Waals surface area contributed by atoms with Crippen molar-refractivity contribution >= 4 is 51.4 Å². The lowest BCUT2D eigenvalue weighted by Crippen LogP contribution is -1.99. The van der Waals surface area contributed by atoms with Crippen LogP contribution in [0, 0.1) is 0 Å². The van der Waals surface area contributed by atoms with Crippen molar-refractivity contribution in [3.63, 3.8) is 0 Å². The summed E-state index contributed by atoms with van der Waals surface area (Å²) >= 11 is 12.0. The molecule has 0 spiro atoms. The number of Topliss-reactive ketones (excluding diaryl/α,β-unsaturated/α-hetero) is 1. The molecular weight excluding hydrogens is 323 g/mol. The maximum Gasteiger partial charge on any atom is 0.201 e. The average molecular weight is 331 g/mol. The second kappa shape index (κ2) is 4.60. The Bertz CT molecular complexity index is 950. The van der Waals surface area contributed by atoms with Crippen LogP contribution in [0.25, 0.3) is 22.4 Å². The van der Waals surface area contributed by atoms with Crippen LogP contribution in [0.3, 0.4) is 0 Å². The van der Waals surface area contributed by atoms with Crippen LogP contribution in [0.2, 0.25) is 10.0 Å². The van der Waals surface area contributed by atoms with Gasteiger partial charge in [0.1, 0.15) is 17.2 Å². The number of allylic oxidation sites excluding steroid dienone is 1. The quantitative estimate of drug-likeness (QED) is 0.690. The fourth-order valence-corrected chi connectivity index (χ4v) is 2.93. The van der Waals surface area contributed by atoms with Gasteiger partial charge in [-0.2, -0.15) is 0 Å². The number of rotatable bonds is 1. The third kappa shape index (κ3) is 1.78. The smallest absolute Gasteiger partial charge is 0.201 e. The number of hydrogen-bond donors (Lipinski definition) is 2. The van der Waals surface area contributed by atoms with Crippen molar-refractivity contribution in [2.45, 2.75) is 0 Å². The molecule has 2 aromatic carbocycles. The fourth-order valence-electron chi connectivity index (χ4n) is 2.61. The third-order valence-corrected chi connectivity index (χ3v) is 4.37. The molecule has 0 unspecified atom stereocenters. The molecule has 0 atom stereocenters. The zero-order valence-corrected chi connectivity index (χ0v) is 12.5. The average Bonchev–Trinajstić information content (AvgIpc) is 3.00. The number of aromatic nitrogens is 2. The number of aliphatic hydroxyl groups excluding tert-OH is 1. The summed E-state index contributed by atoms with van der Waals surface area (Å²) < 4.78 is 0. The van der Waals surface area contributed by atoms with E-state index in [1.165, 1.54) is 0 Å². The lowest BCUT2D eigenvalue weighted by Gasteiger charge is -1.96. The number of halogens is 2. The number of hydrogen-bond acceptors (Lipinski definition) is 3. The van der Waals surface area contributed by atoms with Gasteiger partial charge in [0.05, 0.1) is 21.1 Å². The summed E-state index contributed by atoms with van der Waals surface area (Å²) in [4.78, 5) is 19.8. The number of aliphatic hydroxyl groups is 1. The van der Waals surface area contributed by atoms with Gasteiger partial charge < -0.3 is 10.1 Å². The molecule has 22 heavy (non-hydrogen) atoms. The molecule has 1 aromatic heterocycles. The summed E-state index contributed by atoms with van der Waals surface area (Å²) in [5.41, 5.74) is 2.36. The van der Waals surface area contributed by atoms with Crippen molar-refractivity contribution in [2.24, 2.45) is 0 Å². The fraction of sp³-hybridized carbons (Fsp3) is 0. The highest BCUT2D eigenvalue weighted by atomic mass is 35.5. The number of H-pyrrole nitrogens is 1. The van der Waals surface area contributed by atoms with E-state index in [9.17, 15) is 9.90 Å². The van der Waals surface area contributed by atoms with Gasteiger partial charge in [0.2, 0.25) is 5.78 Å². The molecule has 0 saturated carbocycles. The van der Waals surface area contributed by atoms with Gasteiger partial charge in [-0.15, -0.1) is 0 Å². The molecule has 6 heteroatoms. The zero-order chi connectivity index (χ0) is 15.4. The van der Waals surface area contributed by atoms with Crippen LogP contribution in [0.5, 0.6) is 0 Å². The molecule has 3 aromatic rings. The number of benzene rings is 2. The van der Waals surface area contributed by atoms with E-state index in [0.717, 1.165) is 0 Å². The molecule has 1 aliphatic rings. The predicted molar refractivity (Wildman–Crippen MR) is 86.3 cm³/mol. The van der Waals surface area contributed by atoms with E-state index >= 15 is 0 Å². The van der Waals surface area contributed by atoms with E-state index in [1.807, 2.05) is 0 Å². The normalized spacial score (nSPS) is 14.0. The Morgan fingerprint density at radius 2 is 1.73 bits per heavy atom. The Labute approximate surface area is 135 Å². The molecule has 0 fully saturated rings. The molecule has 0 bridgehead atoms. The maximum absolute atomic E-state index is 12.5. The molecule has 108 valence electrons. The number of aromatic amines is 1. The van der Waals surface area contributed by atoms with Crippen molar-refractivity contribution in [1.29, 1.82) is 0 Å². The number of ketones is 1. The molecular formula is C16H8Cl2N2O2. The first kappa shape index (κ1) is 13.4. The molecule has 1 aliphatic carbocycles. The Kier molecular flexibility index (Phi) is 2.79. The number of carbonyl (C=O) groups is 1. The molecule has 0 saturated heterocycles. The number of nitrogens with zero attached hydrogens (tertiary/aromatic N) is 1. The highest BCUT2D eigenvalue weighted by molar-refractivity contribution is 6.43. The lowest BCUT2D eigenvalue weighted by atomic mass is 10.1. The summed E-state index contributed by atoms with van der Waals surface area (Å²) in [6, 6.07) is 10.2. The van der Waals surface area contributed by atoms with E-state index in [2.05, 4.69) is 9.97 Å². The van der Waals surface area contributed by atoms with Gasteiger partial charge in [0.25, 0.3) is 0 Å². The Hall–Kier alpha value is -2.30. The summed E-state index contributed by atoms with van der Waals surface area (Å²) in [5, 5.41) is 11.1. The first-order valence-corrected chi connectivity index (χ1v) is 7.24. The molecule has 1 heterocycles. The van der Waals surface area contributed by atoms with Gasteiger partial charge >= 0.3 is 0 Å². The van der Waals surface area contributed by atoms with Gasteiger partial charge in [-0.1, -0.05) is 47.5 Å². The Morgan fingerprint density at radius 1 is 1.05 bits per heavy atom. The van der Waals surface area contributed by atoms with Crippen LogP contribution in [-0.4, -0.2) is 20.9 Å². The van der Waals surface area contributed by atoms with Gasteiger partial charge in [-0.05, 0) is 12.1 Å². The first-order valence-electron chi connectivity index (χ1n) is 6.48. The largest absolute Gasteiger partial charge is 0.506 e. The minimum atomic E-state index is -0.260. The SMILES string of the molecule is O=C1C(c2nc3cc(Cl)c(Cl)cc3[nH]2)=C(O)c2ccccc21. The minimum Gasteiger partial charge on any atom is -0.506 e. The molecule has 2 N–H and O–H groups in total. The highest BCUT2D eigenvalue weighted by Gasteiger charge is 2.32. The monoisotopic (exact) mass is 330 g/mol. The molecule has 4 rings (SSSR count). The first-order chi connectivity index (χ1) is 10.6. The predicted octanol–water partition coefficient (Wildman–Crippen LogP) is 4.49. The second-order valence-electron chi connectivity index (χ2n) is 4.97. The van der Waals surface area contributed by atoms with E-state index in [4.69, 9.17) is 23.2 Å². The van der Waals surface area contributed by atoms with Gasteiger partial charge in [-0.25, -0.2) is 4.98 Å². The van der Waals surface area contributed by atoms with Crippen LogP contribution < -0.4 is 0 Å². The standard InChI is InChI=1S/C16H8Cl2N2O2/c17-9-5-11-12(6-10(9)18)20-16(19-11)13-14(21)7-3-1-2-4-8(7)15(13)22/h1-6,21H,(H,19,20). The van der Waals surface area contributed by atoms with Crippen LogP contribution in [0.15, 0.2) is 36.4 Å². The minimum absolute atomic E-state index is 0.0724. The van der Waals surface area contributed by atoms with Crippen LogP contribution in [0.1, 0.15) is 21.7 Å². The molecule has 4 nitrogen and oxygen atoms in total. The van der Waals surface area contributed by atoms with Gasteiger partial charge in [0.15, 0.2) is 0 Å². The maximum atomic E-state index is 12.5. The van der Waals surface area contributed by atoms with Crippen molar-refractivity contribution in [2.75, 3.05) is 0 Å². The van der Waals surface area contributed by atoms with Crippen LogP contribution >= 0.6 is 23.2 Å². The number of fused-ring (bicyclic) bond motifs is 2. The molecule has 0 amide bonds. The Morgan fingerprint density at radius 3 is 2.45 bits per heavy atom. The Balaban J connectivity index is 1.93. The van der Waals surface area contributed by atoms with Crippen molar-refractivity contribution in [1.82, 2.24) is 9.97 Å². The van der Waals surface area contributed by atoms with Crippen molar-refractivity contribution < 1.29 is 9.90 Å². The summed E-state index contributed by atoms with van der Waals surface area (Å²) in [7, 11) is 0. The van der Waals surface area contributed by atoms with E-state index < -0.39 is 0 Å². The highest BCUT2D eigenvalue weighted by Crippen LogP contribution is 2.36. The zero-order valence-electron chi connectivity index (χ0n) is 11.0. The number of imidazole rings is 1. The second-order valence-corrected chi connectivity index (χ2v) is 5.78. The van der Waals surface area contributed by atoms with Crippen LogP contribution in [-0.2, 0) is 0 Å². The van der Waals surface area contributed by atoms with Crippen molar-refractivity contribution in [3.05, 3.63) is 63.4 Å². The van der Waals surface area contributed by atoms with E-state index in [0.29, 0.717) is 38.0 Å². The summed E-state index contributed by atoms with van der Waals surface area (Å²) in [6.45, 7) is 0. The van der Waals surface area contributed by atoms with Gasteiger partial charge in [0, 0.05) is 11.1 Å². The topological polar surface area (TPSA) is 66.0 Å². The summed E-state index contributed by atoms with van der Waals surface area (Å²) in [5.74, 6) is -0.0340. The van der Waals surface area contributed by atoms with Crippen LogP contribution in [0.4, 0.5) is 0 Å². The lowest BCUT2D eigenvalue weighted by molar-refractivity contribution is 0.105. The van der Waals surface area contributed by atoms with Crippen molar-refractivity contribution in [3.8, 4) is 0 Å². The number of carbonyl (C=O) groups excluding carboxylic acids is 1. The summed E-state index contributed by atoms with van der Waals surface area (Å²) in [6.07, 6.45) is 0. The van der Waals surface area contributed by atoms with E-state index in [1.54, 1.807) is 36.4 Å². The third-order valence-electron chi connectivity index (χ3n) is 3.65. The van der Waals surface area contributed by atoms with Gasteiger partial charge in [-0.3, -0.25) is 4.79 Å². The van der Waals surface area contributed by atoms with E-state index in [-0.39, 0.29) is 17.1 Å². The number of nitrogens with one attached hydrogen (secondary N) is 1. The molecule has 0 radical (unpaired) electrons. The molecule has 0 aliphatic heterocycles.